The quantitative estimate of drug-likeness (QED) is 0.335. The van der Waals surface area contributed by atoms with Gasteiger partial charge in [-0.1, -0.05) is 49.7 Å². The number of benzene rings is 1. The Hall–Kier alpha value is -0.930. The van der Waals surface area contributed by atoms with Crippen LogP contribution in [-0.4, -0.2) is 17.3 Å². The van der Waals surface area contributed by atoms with Crippen LogP contribution in [0.25, 0.3) is 0 Å². The molecule has 0 saturated carbocycles. The number of thioether (sulfide) groups is 1. The average Bonchev–Trinajstić information content (AvgIpc) is 2.83. The molecule has 4 heteroatoms. The van der Waals surface area contributed by atoms with E-state index in [1.165, 1.54) is 5.57 Å². The van der Waals surface area contributed by atoms with Crippen LogP contribution in [0.4, 0.5) is 0 Å². The fourth-order valence-electron chi connectivity index (χ4n) is 2.63. The van der Waals surface area contributed by atoms with Gasteiger partial charge in [0.2, 0.25) is 0 Å². The number of unbranched alkanes of at least 4 members (excludes halogenated alkanes) is 3. The van der Waals surface area contributed by atoms with Gasteiger partial charge < -0.3 is 4.74 Å². The molecule has 1 atom stereocenters. The van der Waals surface area contributed by atoms with Gasteiger partial charge in [0.05, 0.1) is 0 Å². The lowest BCUT2D eigenvalue weighted by atomic mass is 10.0. The second kappa shape index (κ2) is 9.26. The molecule has 1 aliphatic rings. The third kappa shape index (κ3) is 4.79. The number of rotatable bonds is 9. The van der Waals surface area contributed by atoms with Crippen LogP contribution in [-0.2, 0) is 9.53 Å². The van der Waals surface area contributed by atoms with Crippen molar-refractivity contribution in [2.75, 3.05) is 5.88 Å². The Morgan fingerprint density at radius 2 is 1.86 bits per heavy atom. The molecule has 0 bridgehead atoms. The highest BCUT2D eigenvalue weighted by molar-refractivity contribution is 8.00. The van der Waals surface area contributed by atoms with Crippen molar-refractivity contribution in [1.29, 1.82) is 0 Å². The van der Waals surface area contributed by atoms with E-state index in [0.29, 0.717) is 0 Å². The molecule has 0 N–H and O–H groups in total. The molecule has 1 heterocycles. The molecule has 0 spiro atoms. The van der Waals surface area contributed by atoms with E-state index in [9.17, 15) is 4.79 Å². The first-order valence-corrected chi connectivity index (χ1v) is 9.38. The lowest BCUT2D eigenvalue weighted by Gasteiger charge is -2.14. The van der Waals surface area contributed by atoms with Crippen molar-refractivity contribution in [3.8, 4) is 0 Å². The molecule has 0 amide bonds. The van der Waals surface area contributed by atoms with Crippen molar-refractivity contribution < 1.29 is 9.53 Å². The van der Waals surface area contributed by atoms with Crippen LogP contribution in [0.1, 0.15) is 45.4 Å². The van der Waals surface area contributed by atoms with Gasteiger partial charge in [-0.15, -0.1) is 11.6 Å². The monoisotopic (exact) mass is 338 g/mol. The van der Waals surface area contributed by atoms with Crippen LogP contribution < -0.4 is 0 Å². The molecule has 1 aromatic rings. The zero-order valence-corrected chi connectivity index (χ0v) is 14.6. The second-order valence-corrected chi connectivity index (χ2v) is 6.89. The number of carbonyl (C=O) groups excluding carboxylic acids is 1. The maximum Gasteiger partial charge on any atom is 0.335 e. The molecule has 1 aromatic carbocycles. The highest BCUT2D eigenvalue weighted by Crippen LogP contribution is 2.38. The van der Waals surface area contributed by atoms with E-state index in [1.54, 1.807) is 11.8 Å². The first-order chi connectivity index (χ1) is 10.8. The maximum atomic E-state index is 12.0. The Bertz CT molecular complexity index is 513. The van der Waals surface area contributed by atoms with Crippen molar-refractivity contribution in [3.63, 3.8) is 0 Å². The number of ether oxygens (including phenoxy) is 1. The number of esters is 1. The lowest BCUT2D eigenvalue weighted by Crippen LogP contribution is -2.07. The van der Waals surface area contributed by atoms with E-state index in [4.69, 9.17) is 16.3 Å². The molecule has 2 rings (SSSR count). The minimum atomic E-state index is -0.155. The molecule has 120 valence electrons. The third-order valence-corrected chi connectivity index (χ3v) is 5.21. The molecule has 0 saturated heterocycles. The Labute approximate surface area is 142 Å². The largest absolute Gasteiger partial charge is 0.443 e. The topological polar surface area (TPSA) is 26.3 Å². The standard InChI is InChI=1S/C18H23ClO2S/c1-2-15-16(12-8-3-4-9-13-19)18(21-17(15)20)22-14-10-6-5-7-11-14/h5-7,10-11,18H,2-4,8-9,12-13H2,1H3. The molecule has 0 radical (unpaired) electrons. The maximum absolute atomic E-state index is 12.0. The van der Waals surface area contributed by atoms with Crippen molar-refractivity contribution in [1.82, 2.24) is 0 Å². The SMILES string of the molecule is CCC1=C(CCCCCCCl)C(Sc2ccccc2)OC1=O. The number of hydrogen-bond donors (Lipinski definition) is 0. The number of alkyl halides is 1. The van der Waals surface area contributed by atoms with E-state index in [-0.39, 0.29) is 11.4 Å². The van der Waals surface area contributed by atoms with Crippen LogP contribution >= 0.6 is 23.4 Å². The van der Waals surface area contributed by atoms with Crippen LogP contribution in [0.3, 0.4) is 0 Å². The first kappa shape index (κ1) is 17.4. The van der Waals surface area contributed by atoms with Crippen LogP contribution in [0.15, 0.2) is 46.4 Å². The first-order valence-electron chi connectivity index (χ1n) is 7.96. The molecule has 1 unspecified atom stereocenters. The number of carbonyl (C=O) groups is 1. The number of halogens is 1. The fraction of sp³-hybridized carbons (Fsp3) is 0.500. The van der Waals surface area contributed by atoms with Gasteiger partial charge in [-0.2, -0.15) is 0 Å². The van der Waals surface area contributed by atoms with Gasteiger partial charge in [0.15, 0.2) is 5.44 Å². The zero-order chi connectivity index (χ0) is 15.8. The van der Waals surface area contributed by atoms with Gasteiger partial charge in [-0.25, -0.2) is 4.79 Å². The summed E-state index contributed by atoms with van der Waals surface area (Å²) in [5.74, 6) is 0.600. The van der Waals surface area contributed by atoms with E-state index < -0.39 is 0 Å². The van der Waals surface area contributed by atoms with Gasteiger partial charge in [0.1, 0.15) is 0 Å². The van der Waals surface area contributed by atoms with Gasteiger partial charge >= 0.3 is 5.97 Å². The minimum absolute atomic E-state index is 0.133. The van der Waals surface area contributed by atoms with E-state index in [2.05, 4.69) is 12.1 Å². The molecule has 0 aromatic heterocycles. The average molecular weight is 339 g/mol. The van der Waals surface area contributed by atoms with Gasteiger partial charge in [0, 0.05) is 16.3 Å². The minimum Gasteiger partial charge on any atom is -0.443 e. The van der Waals surface area contributed by atoms with Crippen molar-refractivity contribution in [2.45, 2.75) is 55.8 Å². The summed E-state index contributed by atoms with van der Waals surface area (Å²) in [6.45, 7) is 2.03. The Balaban J connectivity index is 1.99. The summed E-state index contributed by atoms with van der Waals surface area (Å²) >= 11 is 7.34. The van der Waals surface area contributed by atoms with Gasteiger partial charge in [-0.05, 0) is 43.4 Å². The molecule has 0 fully saturated rings. The van der Waals surface area contributed by atoms with Crippen molar-refractivity contribution in [3.05, 3.63) is 41.5 Å². The molecule has 22 heavy (non-hydrogen) atoms. The number of hydrogen-bond acceptors (Lipinski definition) is 3. The van der Waals surface area contributed by atoms with E-state index >= 15 is 0 Å². The predicted octanol–water partition coefficient (Wildman–Crippen LogP) is 5.56. The zero-order valence-electron chi connectivity index (χ0n) is 13.0. The summed E-state index contributed by atoms with van der Waals surface area (Å²) in [7, 11) is 0. The predicted molar refractivity (Wildman–Crippen MR) is 93.3 cm³/mol. The van der Waals surface area contributed by atoms with Crippen molar-refractivity contribution in [2.24, 2.45) is 0 Å². The molecule has 1 aliphatic heterocycles. The normalized spacial score (nSPS) is 17.9. The van der Waals surface area contributed by atoms with Gasteiger partial charge in [-0.3, -0.25) is 0 Å². The Morgan fingerprint density at radius 1 is 1.14 bits per heavy atom. The summed E-state index contributed by atoms with van der Waals surface area (Å²) < 4.78 is 5.59. The summed E-state index contributed by atoms with van der Waals surface area (Å²) in [5.41, 5.74) is 1.91. The van der Waals surface area contributed by atoms with Crippen molar-refractivity contribution >= 4 is 29.3 Å². The van der Waals surface area contributed by atoms with Crippen LogP contribution in [0.2, 0.25) is 0 Å². The van der Waals surface area contributed by atoms with Gasteiger partial charge in [0.25, 0.3) is 0 Å². The van der Waals surface area contributed by atoms with E-state index in [0.717, 1.165) is 54.9 Å². The lowest BCUT2D eigenvalue weighted by molar-refractivity contribution is -0.137. The highest BCUT2D eigenvalue weighted by Gasteiger charge is 2.32. The highest BCUT2D eigenvalue weighted by atomic mass is 35.5. The summed E-state index contributed by atoms with van der Waals surface area (Å²) in [6, 6.07) is 10.1. The Morgan fingerprint density at radius 3 is 2.55 bits per heavy atom. The summed E-state index contributed by atoms with van der Waals surface area (Å²) in [4.78, 5) is 13.2. The smallest absolute Gasteiger partial charge is 0.335 e. The third-order valence-electron chi connectivity index (χ3n) is 3.80. The fourth-order valence-corrected chi connectivity index (χ4v) is 3.92. The second-order valence-electron chi connectivity index (χ2n) is 5.38. The Kier molecular flexibility index (Phi) is 7.34. The summed E-state index contributed by atoms with van der Waals surface area (Å²) in [6.07, 6.45) is 6.17. The van der Waals surface area contributed by atoms with Crippen LogP contribution in [0, 0.1) is 0 Å². The number of cyclic esters (lactones) is 1. The summed E-state index contributed by atoms with van der Waals surface area (Å²) in [5, 5.41) is 0. The van der Waals surface area contributed by atoms with Crippen LogP contribution in [0.5, 0.6) is 0 Å². The molecule has 0 aliphatic carbocycles. The van der Waals surface area contributed by atoms with E-state index in [1.807, 2.05) is 25.1 Å². The molecular weight excluding hydrogens is 316 g/mol. The molecular formula is C18H23ClO2S. The molecule has 2 nitrogen and oxygen atoms in total.